The second kappa shape index (κ2) is 7.52. The van der Waals surface area contributed by atoms with Crippen molar-refractivity contribution in [2.75, 3.05) is 0 Å². The first kappa shape index (κ1) is 18.3. The van der Waals surface area contributed by atoms with E-state index in [2.05, 4.69) is 124 Å². The number of rotatable bonds is 4. The standard InChI is InChI=1S/C27H26B/c1-21-19-22(2)27(23(3)20-21)28(24-13-7-4-8-14-24,25-15-9-5-10-16-25)26-17-11-6-12-18-26/h4-20H,1-3H3/q-1. The lowest BCUT2D eigenvalue weighted by atomic mass is 9.12. The van der Waals surface area contributed by atoms with Crippen LogP contribution in [-0.2, 0) is 0 Å². The highest BCUT2D eigenvalue weighted by atomic mass is 14.1. The van der Waals surface area contributed by atoms with Gasteiger partial charge in [-0.15, -0.1) is 0 Å². The smallest absolute Gasteiger partial charge is 0.108 e. The molecule has 0 N–H and O–H groups in total. The number of benzene rings is 4. The second-order valence-corrected chi connectivity index (χ2v) is 7.91. The van der Waals surface area contributed by atoms with Gasteiger partial charge in [-0.2, -0.15) is 21.9 Å². The van der Waals surface area contributed by atoms with Crippen LogP contribution in [0.1, 0.15) is 16.7 Å². The van der Waals surface area contributed by atoms with Crippen LogP contribution in [0.3, 0.4) is 0 Å². The SMILES string of the molecule is Cc1cc(C)c([B-](c2ccccc2)(c2ccccc2)c2ccccc2)c(C)c1. The van der Waals surface area contributed by atoms with Gasteiger partial charge < -0.3 is 0 Å². The minimum Gasteiger partial charge on any atom is -0.195 e. The van der Waals surface area contributed by atoms with E-state index in [0.717, 1.165) is 0 Å². The van der Waals surface area contributed by atoms with Crippen LogP contribution in [0.25, 0.3) is 0 Å². The van der Waals surface area contributed by atoms with E-state index in [1.165, 1.54) is 38.5 Å². The van der Waals surface area contributed by atoms with Crippen molar-refractivity contribution in [1.29, 1.82) is 0 Å². The van der Waals surface area contributed by atoms with Crippen molar-refractivity contribution >= 4 is 28.0 Å². The van der Waals surface area contributed by atoms with Gasteiger partial charge in [0.25, 0.3) is 0 Å². The third-order valence-corrected chi connectivity index (χ3v) is 6.07. The van der Waals surface area contributed by atoms with Crippen LogP contribution in [0.4, 0.5) is 0 Å². The Bertz CT molecular complexity index is 947. The molecular formula is C27H26B-. The Kier molecular flexibility index (Phi) is 4.92. The van der Waals surface area contributed by atoms with E-state index in [-0.39, 0.29) is 0 Å². The van der Waals surface area contributed by atoms with Gasteiger partial charge in [0.05, 0.1) is 0 Å². The molecule has 4 aromatic carbocycles. The van der Waals surface area contributed by atoms with Crippen molar-refractivity contribution < 1.29 is 0 Å². The average molecular weight is 361 g/mol. The first-order valence-electron chi connectivity index (χ1n) is 10.0. The van der Waals surface area contributed by atoms with Gasteiger partial charge >= 0.3 is 0 Å². The van der Waals surface area contributed by atoms with Crippen LogP contribution < -0.4 is 21.9 Å². The molecule has 0 spiro atoms. The third-order valence-electron chi connectivity index (χ3n) is 6.07. The normalized spacial score (nSPS) is 11.4. The molecule has 0 aliphatic heterocycles. The summed E-state index contributed by atoms with van der Waals surface area (Å²) in [5.41, 5.74) is 9.54. The van der Waals surface area contributed by atoms with E-state index in [9.17, 15) is 0 Å². The van der Waals surface area contributed by atoms with Gasteiger partial charge in [-0.25, -0.2) is 0 Å². The molecule has 0 amide bonds. The summed E-state index contributed by atoms with van der Waals surface area (Å²) in [7, 11) is 0. The molecular weight excluding hydrogens is 335 g/mol. The monoisotopic (exact) mass is 361 g/mol. The summed E-state index contributed by atoms with van der Waals surface area (Å²) in [6.45, 7) is 6.72. The Balaban J connectivity index is 2.21. The van der Waals surface area contributed by atoms with E-state index in [0.29, 0.717) is 0 Å². The summed E-state index contributed by atoms with van der Waals surface area (Å²) in [5, 5.41) is 0. The van der Waals surface area contributed by atoms with Gasteiger partial charge in [0.1, 0.15) is 6.15 Å². The molecule has 0 heterocycles. The van der Waals surface area contributed by atoms with Crippen molar-refractivity contribution in [3.8, 4) is 0 Å². The quantitative estimate of drug-likeness (QED) is 0.482. The lowest BCUT2D eigenvalue weighted by Gasteiger charge is -2.46. The van der Waals surface area contributed by atoms with Crippen LogP contribution in [0.2, 0.25) is 0 Å². The van der Waals surface area contributed by atoms with Crippen LogP contribution in [0.5, 0.6) is 0 Å². The van der Waals surface area contributed by atoms with Crippen LogP contribution >= 0.6 is 0 Å². The van der Waals surface area contributed by atoms with E-state index >= 15 is 0 Å². The lowest BCUT2D eigenvalue weighted by Crippen LogP contribution is -2.75. The molecule has 0 radical (unpaired) electrons. The molecule has 0 unspecified atom stereocenters. The van der Waals surface area contributed by atoms with Gasteiger partial charge in [0, 0.05) is 0 Å². The largest absolute Gasteiger partial charge is 0.195 e. The van der Waals surface area contributed by atoms with Crippen molar-refractivity contribution in [2.45, 2.75) is 20.8 Å². The number of aryl methyl sites for hydroxylation is 3. The first-order valence-corrected chi connectivity index (χ1v) is 10.0. The first-order chi connectivity index (χ1) is 13.6. The Morgan fingerprint density at radius 3 is 1.11 bits per heavy atom. The van der Waals surface area contributed by atoms with Crippen molar-refractivity contribution in [3.63, 3.8) is 0 Å². The molecule has 4 rings (SSSR count). The fourth-order valence-corrected chi connectivity index (χ4v) is 5.18. The van der Waals surface area contributed by atoms with Crippen LogP contribution in [0.15, 0.2) is 103 Å². The van der Waals surface area contributed by atoms with Crippen molar-refractivity contribution in [3.05, 3.63) is 120 Å². The van der Waals surface area contributed by atoms with Gasteiger partial charge in [-0.05, 0) is 20.8 Å². The van der Waals surface area contributed by atoms with E-state index in [1.54, 1.807) is 0 Å². The van der Waals surface area contributed by atoms with Gasteiger partial charge in [0.2, 0.25) is 0 Å². The van der Waals surface area contributed by atoms with Crippen molar-refractivity contribution in [2.24, 2.45) is 0 Å². The molecule has 4 aromatic rings. The number of hydrogen-bond acceptors (Lipinski definition) is 0. The Morgan fingerprint density at radius 2 is 0.786 bits per heavy atom. The minimum absolute atomic E-state index is 1.28. The predicted octanol–water partition coefficient (Wildman–Crippen LogP) is 3.99. The molecule has 0 aliphatic carbocycles. The molecule has 0 atom stereocenters. The Hall–Kier alpha value is -3.06. The molecule has 0 aromatic heterocycles. The highest BCUT2D eigenvalue weighted by molar-refractivity contribution is 7.20. The molecule has 1 heteroatoms. The van der Waals surface area contributed by atoms with Gasteiger partial charge in [-0.3, -0.25) is 0 Å². The summed E-state index contributed by atoms with van der Waals surface area (Å²) < 4.78 is 0. The summed E-state index contributed by atoms with van der Waals surface area (Å²) >= 11 is 0. The lowest BCUT2D eigenvalue weighted by molar-refractivity contribution is 1.35. The Morgan fingerprint density at radius 1 is 0.464 bits per heavy atom. The van der Waals surface area contributed by atoms with E-state index in [1.807, 2.05) is 0 Å². The molecule has 28 heavy (non-hydrogen) atoms. The summed E-state index contributed by atoms with van der Waals surface area (Å²) in [6.07, 6.45) is -1.28. The molecule has 0 nitrogen and oxygen atoms in total. The van der Waals surface area contributed by atoms with E-state index in [4.69, 9.17) is 0 Å². The predicted molar refractivity (Wildman–Crippen MR) is 124 cm³/mol. The highest BCUT2D eigenvalue weighted by Crippen LogP contribution is 2.16. The second-order valence-electron chi connectivity index (χ2n) is 7.91. The number of hydrogen-bond donors (Lipinski definition) is 0. The Labute approximate surface area is 168 Å². The molecule has 0 bridgehead atoms. The fraction of sp³-hybridized carbons (Fsp3) is 0.111. The van der Waals surface area contributed by atoms with E-state index < -0.39 is 6.15 Å². The molecule has 0 fully saturated rings. The highest BCUT2D eigenvalue weighted by Gasteiger charge is 2.33. The molecule has 0 aliphatic rings. The molecule has 0 saturated carbocycles. The van der Waals surface area contributed by atoms with Crippen LogP contribution in [0, 0.1) is 20.8 Å². The maximum atomic E-state index is 2.33. The summed E-state index contributed by atoms with van der Waals surface area (Å²) in [4.78, 5) is 0. The van der Waals surface area contributed by atoms with Gasteiger partial charge in [-0.1, -0.05) is 120 Å². The summed E-state index contributed by atoms with van der Waals surface area (Å²) in [5.74, 6) is 0. The zero-order valence-electron chi connectivity index (χ0n) is 16.9. The maximum Gasteiger partial charge on any atom is 0.108 e. The molecule has 138 valence electrons. The molecule has 0 saturated heterocycles. The topological polar surface area (TPSA) is 0 Å². The zero-order valence-corrected chi connectivity index (χ0v) is 16.9. The average Bonchev–Trinajstić information content (AvgIpc) is 2.72. The third kappa shape index (κ3) is 2.97. The van der Waals surface area contributed by atoms with Crippen molar-refractivity contribution in [1.82, 2.24) is 0 Å². The van der Waals surface area contributed by atoms with Crippen LogP contribution in [-0.4, -0.2) is 6.15 Å². The zero-order chi connectivity index (χ0) is 19.6. The maximum absolute atomic E-state index is 2.33. The minimum atomic E-state index is -1.28. The van der Waals surface area contributed by atoms with Gasteiger partial charge in [0.15, 0.2) is 0 Å². The fourth-order valence-electron chi connectivity index (χ4n) is 5.18. The summed E-state index contributed by atoms with van der Waals surface area (Å²) in [6, 6.07) is 37.7.